The number of halogens is 1. The summed E-state index contributed by atoms with van der Waals surface area (Å²) in [5, 5.41) is 1.04. The lowest BCUT2D eigenvalue weighted by Gasteiger charge is -2.02. The maximum atomic E-state index is 5.67. The molecule has 13 heavy (non-hydrogen) atoms. The number of nitrogens with two attached hydrogens (primary N) is 1. The SMILES string of the molecule is CCCCSc1nc(Cl)ncc1N. The fourth-order valence-electron chi connectivity index (χ4n) is 0.784. The summed E-state index contributed by atoms with van der Waals surface area (Å²) in [6.45, 7) is 2.15. The van der Waals surface area contributed by atoms with Crippen LogP contribution in [0.1, 0.15) is 19.8 Å². The van der Waals surface area contributed by atoms with Gasteiger partial charge < -0.3 is 5.73 Å². The van der Waals surface area contributed by atoms with E-state index in [4.69, 9.17) is 17.3 Å². The molecule has 0 aliphatic rings. The molecule has 0 unspecified atom stereocenters. The predicted octanol–water partition coefficient (Wildman–Crippen LogP) is 2.60. The van der Waals surface area contributed by atoms with Crippen molar-refractivity contribution < 1.29 is 0 Å². The van der Waals surface area contributed by atoms with Gasteiger partial charge in [0.1, 0.15) is 5.03 Å². The van der Waals surface area contributed by atoms with Gasteiger partial charge in [0, 0.05) is 0 Å². The summed E-state index contributed by atoms with van der Waals surface area (Å²) >= 11 is 7.26. The van der Waals surface area contributed by atoms with Gasteiger partial charge in [-0.2, -0.15) is 0 Å². The monoisotopic (exact) mass is 217 g/mol. The van der Waals surface area contributed by atoms with Crippen molar-refractivity contribution in [2.75, 3.05) is 11.5 Å². The zero-order valence-electron chi connectivity index (χ0n) is 7.46. The average molecular weight is 218 g/mol. The van der Waals surface area contributed by atoms with Crippen molar-refractivity contribution in [2.24, 2.45) is 0 Å². The third kappa shape index (κ3) is 3.40. The van der Waals surface area contributed by atoms with Gasteiger partial charge in [0.2, 0.25) is 5.28 Å². The van der Waals surface area contributed by atoms with Crippen molar-refractivity contribution in [3.8, 4) is 0 Å². The van der Waals surface area contributed by atoms with E-state index in [0.717, 1.165) is 17.2 Å². The molecule has 72 valence electrons. The van der Waals surface area contributed by atoms with Crippen LogP contribution in [0.3, 0.4) is 0 Å². The summed E-state index contributed by atoms with van der Waals surface area (Å²) in [7, 11) is 0. The largest absolute Gasteiger partial charge is 0.395 e. The van der Waals surface area contributed by atoms with E-state index in [0.29, 0.717) is 5.69 Å². The molecular weight excluding hydrogens is 206 g/mol. The zero-order valence-corrected chi connectivity index (χ0v) is 9.03. The molecule has 1 aromatic rings. The molecule has 0 aromatic carbocycles. The third-order valence-corrected chi connectivity index (χ3v) is 2.76. The van der Waals surface area contributed by atoms with Gasteiger partial charge in [-0.05, 0) is 23.8 Å². The number of hydrogen-bond acceptors (Lipinski definition) is 4. The Hall–Kier alpha value is -0.480. The lowest BCUT2D eigenvalue weighted by atomic mass is 10.4. The van der Waals surface area contributed by atoms with Crippen LogP contribution >= 0.6 is 23.4 Å². The number of nitrogens with zero attached hydrogens (tertiary/aromatic N) is 2. The summed E-state index contributed by atoms with van der Waals surface area (Å²) < 4.78 is 0. The highest BCUT2D eigenvalue weighted by Gasteiger charge is 2.02. The van der Waals surface area contributed by atoms with Crippen LogP contribution in [0.25, 0.3) is 0 Å². The third-order valence-electron chi connectivity index (χ3n) is 1.49. The molecule has 0 saturated heterocycles. The summed E-state index contributed by atoms with van der Waals surface area (Å²) in [5.41, 5.74) is 6.27. The zero-order chi connectivity index (χ0) is 9.68. The molecule has 0 spiro atoms. The normalized spacial score (nSPS) is 10.3. The molecule has 2 N–H and O–H groups in total. The Morgan fingerprint density at radius 1 is 1.62 bits per heavy atom. The molecule has 1 heterocycles. The minimum absolute atomic E-state index is 0.258. The fourth-order valence-corrected chi connectivity index (χ4v) is 1.96. The molecule has 0 radical (unpaired) electrons. The first-order valence-corrected chi connectivity index (χ1v) is 5.51. The quantitative estimate of drug-likeness (QED) is 0.365. The Bertz CT molecular complexity index is 280. The minimum Gasteiger partial charge on any atom is -0.395 e. The lowest BCUT2D eigenvalue weighted by Crippen LogP contribution is -1.95. The first-order chi connectivity index (χ1) is 6.24. The first kappa shape index (κ1) is 10.6. The van der Waals surface area contributed by atoms with E-state index in [-0.39, 0.29) is 5.28 Å². The minimum atomic E-state index is 0.258. The van der Waals surface area contributed by atoms with E-state index in [9.17, 15) is 0 Å². The topological polar surface area (TPSA) is 51.8 Å². The number of nitrogen functional groups attached to an aromatic ring is 1. The molecule has 0 bridgehead atoms. The highest BCUT2D eigenvalue weighted by Crippen LogP contribution is 2.23. The second-order valence-corrected chi connectivity index (χ2v) is 4.02. The van der Waals surface area contributed by atoms with E-state index in [2.05, 4.69) is 16.9 Å². The van der Waals surface area contributed by atoms with Gasteiger partial charge >= 0.3 is 0 Å². The molecule has 3 nitrogen and oxygen atoms in total. The molecule has 1 aromatic heterocycles. The Labute approximate surface area is 87.1 Å². The summed E-state index contributed by atoms with van der Waals surface area (Å²) in [4.78, 5) is 7.82. The maximum absolute atomic E-state index is 5.67. The van der Waals surface area contributed by atoms with Crippen LogP contribution in [-0.4, -0.2) is 15.7 Å². The number of aromatic nitrogens is 2. The van der Waals surface area contributed by atoms with Crippen LogP contribution in [0.4, 0.5) is 5.69 Å². The molecule has 0 fully saturated rings. The average Bonchev–Trinajstić information content (AvgIpc) is 2.11. The van der Waals surface area contributed by atoms with Crippen molar-refractivity contribution in [1.82, 2.24) is 9.97 Å². The van der Waals surface area contributed by atoms with E-state index >= 15 is 0 Å². The Morgan fingerprint density at radius 2 is 2.38 bits per heavy atom. The molecule has 5 heteroatoms. The number of unbranched alkanes of at least 4 members (excludes halogenated alkanes) is 1. The van der Waals surface area contributed by atoms with Gasteiger partial charge in [0.25, 0.3) is 0 Å². The number of thioether (sulfide) groups is 1. The molecule has 0 saturated carbocycles. The summed E-state index contributed by atoms with van der Waals surface area (Å²) in [6, 6.07) is 0. The smallest absolute Gasteiger partial charge is 0.223 e. The lowest BCUT2D eigenvalue weighted by molar-refractivity contribution is 0.894. The highest BCUT2D eigenvalue weighted by atomic mass is 35.5. The molecule has 1 rings (SSSR count). The van der Waals surface area contributed by atoms with Crippen LogP contribution in [0.5, 0.6) is 0 Å². The Balaban J connectivity index is 2.59. The Morgan fingerprint density at radius 3 is 3.08 bits per heavy atom. The molecule has 0 atom stereocenters. The van der Waals surface area contributed by atoms with Gasteiger partial charge in [0.05, 0.1) is 11.9 Å². The van der Waals surface area contributed by atoms with Crippen LogP contribution < -0.4 is 5.73 Å². The second-order valence-electron chi connectivity index (χ2n) is 2.60. The fraction of sp³-hybridized carbons (Fsp3) is 0.500. The van der Waals surface area contributed by atoms with E-state index in [1.807, 2.05) is 0 Å². The number of rotatable bonds is 4. The summed E-state index contributed by atoms with van der Waals surface area (Å²) in [5.74, 6) is 1.02. The number of anilines is 1. The van der Waals surface area contributed by atoms with Gasteiger partial charge in [-0.3, -0.25) is 0 Å². The predicted molar refractivity (Wildman–Crippen MR) is 57.1 cm³/mol. The first-order valence-electron chi connectivity index (χ1n) is 4.15. The van der Waals surface area contributed by atoms with Crippen molar-refractivity contribution in [3.63, 3.8) is 0 Å². The second kappa shape index (κ2) is 5.29. The highest BCUT2D eigenvalue weighted by molar-refractivity contribution is 7.99. The van der Waals surface area contributed by atoms with Crippen LogP contribution in [0.2, 0.25) is 5.28 Å². The van der Waals surface area contributed by atoms with Crippen LogP contribution in [-0.2, 0) is 0 Å². The summed E-state index contributed by atoms with van der Waals surface area (Å²) in [6.07, 6.45) is 3.88. The van der Waals surface area contributed by atoms with E-state index in [1.165, 1.54) is 6.42 Å². The number of hydrogen-bond donors (Lipinski definition) is 1. The van der Waals surface area contributed by atoms with Gasteiger partial charge in [-0.1, -0.05) is 13.3 Å². The molecular formula is C8H12ClN3S. The van der Waals surface area contributed by atoms with E-state index < -0.39 is 0 Å². The standard InChI is InChI=1S/C8H12ClN3S/c1-2-3-4-13-7-6(10)5-11-8(9)12-7/h5H,2-4,10H2,1H3. The van der Waals surface area contributed by atoms with Crippen LogP contribution in [0, 0.1) is 0 Å². The van der Waals surface area contributed by atoms with Crippen LogP contribution in [0.15, 0.2) is 11.2 Å². The van der Waals surface area contributed by atoms with Crippen molar-refractivity contribution in [3.05, 3.63) is 11.5 Å². The van der Waals surface area contributed by atoms with Gasteiger partial charge in [-0.25, -0.2) is 9.97 Å². The molecule has 0 aliphatic carbocycles. The van der Waals surface area contributed by atoms with Crippen molar-refractivity contribution >= 4 is 29.1 Å². The Kier molecular flexibility index (Phi) is 4.32. The molecule has 0 amide bonds. The molecule has 0 aliphatic heterocycles. The van der Waals surface area contributed by atoms with E-state index in [1.54, 1.807) is 18.0 Å². The van der Waals surface area contributed by atoms with Gasteiger partial charge in [0.15, 0.2) is 0 Å². The van der Waals surface area contributed by atoms with Crippen molar-refractivity contribution in [1.29, 1.82) is 0 Å². The van der Waals surface area contributed by atoms with Gasteiger partial charge in [-0.15, -0.1) is 11.8 Å². The van der Waals surface area contributed by atoms with Crippen molar-refractivity contribution in [2.45, 2.75) is 24.8 Å². The maximum Gasteiger partial charge on any atom is 0.223 e.